The molecule has 8 heteroatoms. The van der Waals surface area contributed by atoms with Crippen molar-refractivity contribution < 1.29 is 36.6 Å². The predicted molar refractivity (Wildman–Crippen MR) is 130 cm³/mol. The van der Waals surface area contributed by atoms with Crippen LogP contribution in [0.4, 0.5) is 17.6 Å². The molecular formula is C29H34F4O4. The van der Waals surface area contributed by atoms with Gasteiger partial charge in [0.1, 0.15) is 6.10 Å². The minimum Gasteiger partial charge on any atom is -0.459 e. The summed E-state index contributed by atoms with van der Waals surface area (Å²) < 4.78 is 74.9. The lowest BCUT2D eigenvalue weighted by Gasteiger charge is -2.29. The van der Waals surface area contributed by atoms with Gasteiger partial charge in [0.15, 0.2) is 23.3 Å². The first-order chi connectivity index (χ1) is 17.8. The summed E-state index contributed by atoms with van der Waals surface area (Å²) in [4.78, 5) is 12.7. The van der Waals surface area contributed by atoms with E-state index < -0.39 is 40.9 Å². The van der Waals surface area contributed by atoms with Crippen LogP contribution in [0.25, 0.3) is 0 Å². The summed E-state index contributed by atoms with van der Waals surface area (Å²) in [6, 6.07) is 5.91. The van der Waals surface area contributed by atoms with Crippen LogP contribution in [-0.4, -0.2) is 31.9 Å². The van der Waals surface area contributed by atoms with Gasteiger partial charge in [0, 0.05) is 19.3 Å². The third kappa shape index (κ3) is 6.17. The van der Waals surface area contributed by atoms with Gasteiger partial charge in [0.05, 0.1) is 18.3 Å². The predicted octanol–water partition coefficient (Wildman–Crippen LogP) is 7.34. The average Bonchev–Trinajstić information content (AvgIpc) is 2.91. The molecule has 2 aromatic carbocycles. The van der Waals surface area contributed by atoms with E-state index in [9.17, 15) is 22.4 Å². The lowest BCUT2D eigenvalue weighted by Crippen LogP contribution is -2.25. The van der Waals surface area contributed by atoms with E-state index in [0.29, 0.717) is 50.7 Å². The SMILES string of the molecule is CCOCc1ccc(C2CCC(OC(=O)c3ccc(C4CCC(OC)CC4)c(F)c3F)CC2)c(F)c1F. The second-order valence-corrected chi connectivity index (χ2v) is 10.00. The summed E-state index contributed by atoms with van der Waals surface area (Å²) in [5, 5.41) is 0. The lowest BCUT2D eigenvalue weighted by atomic mass is 9.82. The number of halogens is 4. The normalized spacial score (nSPS) is 24.2. The molecule has 4 rings (SSSR count). The molecule has 0 atom stereocenters. The van der Waals surface area contributed by atoms with Crippen molar-refractivity contribution in [1.29, 1.82) is 0 Å². The van der Waals surface area contributed by atoms with Crippen molar-refractivity contribution in [2.75, 3.05) is 13.7 Å². The number of ether oxygens (including phenoxy) is 3. The average molecular weight is 523 g/mol. The monoisotopic (exact) mass is 522 g/mol. The van der Waals surface area contributed by atoms with Gasteiger partial charge in [-0.1, -0.05) is 18.2 Å². The molecule has 0 heterocycles. The Hall–Kier alpha value is -2.45. The Kier molecular flexibility index (Phi) is 9.24. The van der Waals surface area contributed by atoms with Crippen LogP contribution in [0.5, 0.6) is 0 Å². The molecule has 4 nitrogen and oxygen atoms in total. The smallest absolute Gasteiger partial charge is 0.341 e. The number of carbonyl (C=O) groups excluding carboxylic acids is 1. The van der Waals surface area contributed by atoms with Crippen LogP contribution in [0.2, 0.25) is 0 Å². The Balaban J connectivity index is 1.35. The molecule has 0 unspecified atom stereocenters. The van der Waals surface area contributed by atoms with Crippen LogP contribution in [0.15, 0.2) is 24.3 Å². The fourth-order valence-corrected chi connectivity index (χ4v) is 5.60. The summed E-state index contributed by atoms with van der Waals surface area (Å²) >= 11 is 0. The highest BCUT2D eigenvalue weighted by molar-refractivity contribution is 5.90. The van der Waals surface area contributed by atoms with Gasteiger partial charge in [-0.25, -0.2) is 22.4 Å². The second-order valence-electron chi connectivity index (χ2n) is 10.00. The topological polar surface area (TPSA) is 44.8 Å². The van der Waals surface area contributed by atoms with Gasteiger partial charge in [-0.3, -0.25) is 0 Å². The summed E-state index contributed by atoms with van der Waals surface area (Å²) in [5.74, 6) is -5.18. The van der Waals surface area contributed by atoms with Crippen LogP contribution >= 0.6 is 0 Å². The maximum absolute atomic E-state index is 14.9. The molecule has 2 aliphatic rings. The van der Waals surface area contributed by atoms with Gasteiger partial charge >= 0.3 is 5.97 Å². The van der Waals surface area contributed by atoms with Crippen LogP contribution in [-0.2, 0) is 20.8 Å². The summed E-state index contributed by atoms with van der Waals surface area (Å²) in [5.41, 5.74) is 0.331. The quantitative estimate of drug-likeness (QED) is 0.269. The van der Waals surface area contributed by atoms with Gasteiger partial charge in [0.2, 0.25) is 0 Å². The largest absolute Gasteiger partial charge is 0.459 e. The number of hydrogen-bond donors (Lipinski definition) is 0. The Morgan fingerprint density at radius 2 is 1.30 bits per heavy atom. The third-order valence-electron chi connectivity index (χ3n) is 7.82. The molecule has 2 aromatic rings. The van der Waals surface area contributed by atoms with E-state index in [0.717, 1.165) is 12.8 Å². The molecule has 2 aliphatic carbocycles. The van der Waals surface area contributed by atoms with Crippen LogP contribution in [0, 0.1) is 23.3 Å². The third-order valence-corrected chi connectivity index (χ3v) is 7.82. The Bertz CT molecular complexity index is 1090. The summed E-state index contributed by atoms with van der Waals surface area (Å²) in [6.07, 6.45) is 4.41. The zero-order valence-electron chi connectivity index (χ0n) is 21.3. The summed E-state index contributed by atoms with van der Waals surface area (Å²) in [6.45, 7) is 2.19. The second kappa shape index (κ2) is 12.4. The van der Waals surface area contributed by atoms with E-state index in [-0.39, 0.29) is 35.7 Å². The van der Waals surface area contributed by atoms with Crippen molar-refractivity contribution in [3.8, 4) is 0 Å². The zero-order valence-corrected chi connectivity index (χ0v) is 21.3. The number of benzene rings is 2. The van der Waals surface area contributed by atoms with E-state index in [4.69, 9.17) is 14.2 Å². The molecule has 0 spiro atoms. The Morgan fingerprint density at radius 3 is 1.86 bits per heavy atom. The fourth-order valence-electron chi connectivity index (χ4n) is 5.60. The number of rotatable bonds is 8. The van der Waals surface area contributed by atoms with E-state index in [1.54, 1.807) is 26.2 Å². The van der Waals surface area contributed by atoms with Crippen molar-refractivity contribution >= 4 is 5.97 Å². The number of methoxy groups -OCH3 is 1. The first-order valence-electron chi connectivity index (χ1n) is 13.1. The maximum atomic E-state index is 14.9. The van der Waals surface area contributed by atoms with Gasteiger partial charge in [0.25, 0.3) is 0 Å². The highest BCUT2D eigenvalue weighted by Crippen LogP contribution is 2.38. The fraction of sp³-hybridized carbons (Fsp3) is 0.552. The molecule has 202 valence electrons. The molecule has 2 saturated carbocycles. The van der Waals surface area contributed by atoms with Crippen molar-refractivity contribution in [3.05, 3.63) is 69.8 Å². The van der Waals surface area contributed by atoms with E-state index in [1.165, 1.54) is 12.1 Å². The molecular weight excluding hydrogens is 488 g/mol. The highest BCUT2D eigenvalue weighted by atomic mass is 19.2. The first kappa shape index (κ1) is 27.6. The van der Waals surface area contributed by atoms with Crippen molar-refractivity contribution in [1.82, 2.24) is 0 Å². The molecule has 0 bridgehead atoms. The van der Waals surface area contributed by atoms with Gasteiger partial charge in [-0.15, -0.1) is 0 Å². The molecule has 0 aromatic heterocycles. The molecule has 0 aliphatic heterocycles. The first-order valence-corrected chi connectivity index (χ1v) is 13.1. The van der Waals surface area contributed by atoms with E-state index >= 15 is 0 Å². The van der Waals surface area contributed by atoms with Gasteiger partial charge in [-0.05, 0) is 87.3 Å². The Morgan fingerprint density at radius 1 is 0.757 bits per heavy atom. The molecule has 0 saturated heterocycles. The molecule has 0 amide bonds. The van der Waals surface area contributed by atoms with Gasteiger partial charge < -0.3 is 14.2 Å². The van der Waals surface area contributed by atoms with Crippen LogP contribution in [0.3, 0.4) is 0 Å². The Labute approximate surface area is 215 Å². The number of hydrogen-bond acceptors (Lipinski definition) is 4. The molecule has 37 heavy (non-hydrogen) atoms. The van der Waals surface area contributed by atoms with Crippen LogP contribution in [0.1, 0.15) is 97.2 Å². The molecule has 2 fully saturated rings. The van der Waals surface area contributed by atoms with Gasteiger partial charge in [-0.2, -0.15) is 0 Å². The number of carbonyl (C=O) groups is 1. The van der Waals surface area contributed by atoms with Crippen molar-refractivity contribution in [2.45, 2.75) is 88.9 Å². The lowest BCUT2D eigenvalue weighted by molar-refractivity contribution is 0.0188. The molecule has 0 N–H and O–H groups in total. The minimum absolute atomic E-state index is 0.00922. The standard InChI is InChI=1S/C29H34F4O4/c1-3-36-16-19-8-13-22(26(31)25(19)30)18-6-11-21(12-7-18)37-29(34)24-15-14-23(27(32)28(24)33)17-4-9-20(35-2)10-5-17/h8,13-15,17-18,20-21H,3-7,9-12,16H2,1-2H3. The van der Waals surface area contributed by atoms with Crippen molar-refractivity contribution in [3.63, 3.8) is 0 Å². The minimum atomic E-state index is -1.19. The number of esters is 1. The van der Waals surface area contributed by atoms with Crippen LogP contribution < -0.4 is 0 Å². The molecule has 0 radical (unpaired) electrons. The maximum Gasteiger partial charge on any atom is 0.341 e. The zero-order chi connectivity index (χ0) is 26.5. The van der Waals surface area contributed by atoms with E-state index in [1.807, 2.05) is 0 Å². The van der Waals surface area contributed by atoms with E-state index in [2.05, 4.69) is 0 Å². The summed E-state index contributed by atoms with van der Waals surface area (Å²) in [7, 11) is 1.65. The van der Waals surface area contributed by atoms with Crippen molar-refractivity contribution in [2.24, 2.45) is 0 Å². The highest BCUT2D eigenvalue weighted by Gasteiger charge is 2.31.